The summed E-state index contributed by atoms with van der Waals surface area (Å²) in [5, 5.41) is 9.44. The van der Waals surface area contributed by atoms with Crippen molar-refractivity contribution in [2.75, 3.05) is 13.2 Å². The van der Waals surface area contributed by atoms with Crippen LogP contribution in [0.25, 0.3) is 5.57 Å². The second-order valence-electron chi connectivity index (χ2n) is 6.47. The molecule has 4 nitrogen and oxygen atoms in total. The monoisotopic (exact) mass is 333 g/mol. The van der Waals surface area contributed by atoms with Crippen molar-refractivity contribution in [1.29, 1.82) is 0 Å². The number of hydrogen-bond acceptors (Lipinski definition) is 3. The molecule has 1 N–H and O–H groups in total. The van der Waals surface area contributed by atoms with Crippen LogP contribution in [0, 0.1) is 0 Å². The third-order valence-electron chi connectivity index (χ3n) is 4.88. The van der Waals surface area contributed by atoms with Gasteiger partial charge in [-0.1, -0.05) is 48.6 Å². The van der Waals surface area contributed by atoms with Crippen molar-refractivity contribution in [2.45, 2.75) is 37.0 Å². The van der Waals surface area contributed by atoms with Crippen LogP contribution in [-0.2, 0) is 10.0 Å². The smallest absolute Gasteiger partial charge is 0.223 e. The van der Waals surface area contributed by atoms with E-state index in [0.29, 0.717) is 13.0 Å². The van der Waals surface area contributed by atoms with E-state index in [-0.39, 0.29) is 12.6 Å². The van der Waals surface area contributed by atoms with Crippen molar-refractivity contribution in [3.8, 4) is 0 Å². The fourth-order valence-corrected chi connectivity index (χ4v) is 5.33. The molecule has 1 aromatic rings. The molecular formula is C18H23NO3S. The first kappa shape index (κ1) is 16.4. The zero-order chi connectivity index (χ0) is 16.5. The van der Waals surface area contributed by atoms with Crippen molar-refractivity contribution < 1.29 is 13.5 Å². The van der Waals surface area contributed by atoms with E-state index in [4.69, 9.17) is 0 Å². The van der Waals surface area contributed by atoms with Crippen LogP contribution in [0.15, 0.2) is 48.6 Å². The van der Waals surface area contributed by atoms with Gasteiger partial charge in [0.25, 0.3) is 0 Å². The molecule has 0 amide bonds. The van der Waals surface area contributed by atoms with E-state index in [1.807, 2.05) is 42.5 Å². The fraction of sp³-hybridized carbons (Fsp3) is 0.444. The number of benzene rings is 1. The van der Waals surface area contributed by atoms with E-state index in [0.717, 1.165) is 24.0 Å². The molecule has 1 aromatic carbocycles. The van der Waals surface area contributed by atoms with Gasteiger partial charge in [0.05, 0.1) is 6.61 Å². The van der Waals surface area contributed by atoms with E-state index in [1.54, 1.807) is 13.0 Å². The first-order valence-electron chi connectivity index (χ1n) is 8.05. The molecule has 0 aromatic heterocycles. The van der Waals surface area contributed by atoms with E-state index in [2.05, 4.69) is 0 Å². The molecule has 124 valence electrons. The molecule has 0 bridgehead atoms. The molecular weight excluding hydrogens is 310 g/mol. The summed E-state index contributed by atoms with van der Waals surface area (Å²) in [5.41, 5.74) is 2.15. The quantitative estimate of drug-likeness (QED) is 0.921. The Morgan fingerprint density at radius 2 is 2.04 bits per heavy atom. The third kappa shape index (κ3) is 2.89. The van der Waals surface area contributed by atoms with Gasteiger partial charge in [0.1, 0.15) is 4.75 Å². The van der Waals surface area contributed by atoms with Crippen molar-refractivity contribution in [1.82, 2.24) is 4.31 Å². The molecule has 0 spiro atoms. The maximum absolute atomic E-state index is 13.1. The summed E-state index contributed by atoms with van der Waals surface area (Å²) in [7, 11) is -3.49. The highest BCUT2D eigenvalue weighted by molar-refractivity contribution is 7.90. The molecule has 1 aliphatic carbocycles. The van der Waals surface area contributed by atoms with Crippen molar-refractivity contribution >= 4 is 15.6 Å². The molecule has 1 saturated heterocycles. The van der Waals surface area contributed by atoms with Gasteiger partial charge in [0.15, 0.2) is 0 Å². The summed E-state index contributed by atoms with van der Waals surface area (Å²) in [6.45, 7) is 2.17. The van der Waals surface area contributed by atoms with Gasteiger partial charge in [0, 0.05) is 12.6 Å². The largest absolute Gasteiger partial charge is 0.395 e. The summed E-state index contributed by atoms with van der Waals surface area (Å²) in [5.74, 6) is 0. The zero-order valence-electron chi connectivity index (χ0n) is 13.4. The highest BCUT2D eigenvalue weighted by Gasteiger charge is 2.45. The highest BCUT2D eigenvalue weighted by Crippen LogP contribution is 2.36. The third-order valence-corrected chi connectivity index (χ3v) is 7.46. The van der Waals surface area contributed by atoms with Crippen LogP contribution in [0.5, 0.6) is 0 Å². The van der Waals surface area contributed by atoms with E-state index in [9.17, 15) is 13.5 Å². The topological polar surface area (TPSA) is 57.6 Å². The Hall–Kier alpha value is -1.43. The van der Waals surface area contributed by atoms with Gasteiger partial charge in [-0.05, 0) is 37.3 Å². The average Bonchev–Trinajstić information content (AvgIpc) is 3.05. The molecule has 5 heteroatoms. The molecule has 0 saturated carbocycles. The Morgan fingerprint density at radius 1 is 1.30 bits per heavy atom. The number of aliphatic hydroxyl groups excluding tert-OH is 1. The maximum Gasteiger partial charge on any atom is 0.223 e. The summed E-state index contributed by atoms with van der Waals surface area (Å²) < 4.78 is 26.7. The van der Waals surface area contributed by atoms with Gasteiger partial charge < -0.3 is 5.11 Å². The number of sulfonamides is 1. The molecule has 2 unspecified atom stereocenters. The van der Waals surface area contributed by atoms with E-state index >= 15 is 0 Å². The highest BCUT2D eigenvalue weighted by atomic mass is 32.2. The first-order valence-corrected chi connectivity index (χ1v) is 9.49. The predicted octanol–water partition coefficient (Wildman–Crippen LogP) is 2.58. The summed E-state index contributed by atoms with van der Waals surface area (Å²) >= 11 is 0. The Labute approximate surface area is 138 Å². The van der Waals surface area contributed by atoms with Crippen LogP contribution < -0.4 is 0 Å². The lowest BCUT2D eigenvalue weighted by Gasteiger charge is -2.34. The molecule has 3 rings (SSSR count). The molecule has 1 heterocycles. The lowest BCUT2D eigenvalue weighted by molar-refractivity contribution is 0.211. The first-order chi connectivity index (χ1) is 11.0. The van der Waals surface area contributed by atoms with Gasteiger partial charge >= 0.3 is 0 Å². The van der Waals surface area contributed by atoms with Crippen molar-refractivity contribution in [3.05, 3.63) is 54.1 Å². The minimum absolute atomic E-state index is 0.107. The lowest BCUT2D eigenvalue weighted by atomic mass is 9.94. The second-order valence-corrected chi connectivity index (χ2v) is 8.82. The minimum Gasteiger partial charge on any atom is -0.395 e. The second kappa shape index (κ2) is 6.23. The molecule has 2 atom stereocenters. The Balaban J connectivity index is 1.85. The van der Waals surface area contributed by atoms with Crippen molar-refractivity contribution in [2.24, 2.45) is 0 Å². The SMILES string of the molecule is CC1(S(=O)(=O)N2CCCC2CO)C=CC(c2ccccc2)=CC1. The summed E-state index contributed by atoms with van der Waals surface area (Å²) in [4.78, 5) is 0. The standard InChI is InChI=1S/C18H23NO3S/c1-18(23(21,22)19-13-5-8-17(19)14-20)11-9-16(10-12-18)15-6-3-2-4-7-15/h2-4,6-7,9-11,17,20H,5,8,12-14H2,1H3. The van der Waals surface area contributed by atoms with Crippen LogP contribution in [0.1, 0.15) is 31.7 Å². The Bertz CT molecular complexity index is 724. The summed E-state index contributed by atoms with van der Waals surface area (Å²) in [6, 6.07) is 9.69. The molecule has 1 aliphatic heterocycles. The normalized spacial score (nSPS) is 28.8. The molecule has 1 fully saturated rings. The van der Waals surface area contributed by atoms with Gasteiger partial charge in [-0.15, -0.1) is 0 Å². The van der Waals surface area contributed by atoms with Crippen LogP contribution in [0.4, 0.5) is 0 Å². The van der Waals surface area contributed by atoms with Gasteiger partial charge in [-0.3, -0.25) is 0 Å². The zero-order valence-corrected chi connectivity index (χ0v) is 14.2. The van der Waals surface area contributed by atoms with Crippen LogP contribution in [0.2, 0.25) is 0 Å². The van der Waals surface area contributed by atoms with E-state index in [1.165, 1.54) is 4.31 Å². The summed E-state index contributed by atoms with van der Waals surface area (Å²) in [6.07, 6.45) is 7.70. The minimum atomic E-state index is -3.49. The Kier molecular flexibility index (Phi) is 4.45. The van der Waals surface area contributed by atoms with Crippen LogP contribution in [-0.4, -0.2) is 41.8 Å². The van der Waals surface area contributed by atoms with Crippen molar-refractivity contribution in [3.63, 3.8) is 0 Å². The van der Waals surface area contributed by atoms with Crippen LogP contribution >= 0.6 is 0 Å². The number of allylic oxidation sites excluding steroid dienone is 3. The Morgan fingerprint density at radius 3 is 2.65 bits per heavy atom. The molecule has 23 heavy (non-hydrogen) atoms. The number of rotatable bonds is 4. The number of hydrogen-bond donors (Lipinski definition) is 1. The molecule has 0 radical (unpaired) electrons. The lowest BCUT2D eigenvalue weighted by Crippen LogP contribution is -2.48. The van der Waals surface area contributed by atoms with Gasteiger partial charge in [-0.25, -0.2) is 8.42 Å². The number of nitrogens with zero attached hydrogens (tertiary/aromatic N) is 1. The molecule has 2 aliphatic rings. The van der Waals surface area contributed by atoms with Gasteiger partial charge in [-0.2, -0.15) is 4.31 Å². The predicted molar refractivity (Wildman–Crippen MR) is 92.3 cm³/mol. The number of aliphatic hydroxyl groups is 1. The van der Waals surface area contributed by atoms with Crippen LogP contribution in [0.3, 0.4) is 0 Å². The average molecular weight is 333 g/mol. The van der Waals surface area contributed by atoms with E-state index < -0.39 is 14.8 Å². The fourth-order valence-electron chi connectivity index (χ4n) is 3.33. The maximum atomic E-state index is 13.1. The van der Waals surface area contributed by atoms with Gasteiger partial charge in [0.2, 0.25) is 10.0 Å².